The molecule has 0 aromatic heterocycles. The van der Waals surface area contributed by atoms with Gasteiger partial charge in [-0.1, -0.05) is 18.2 Å². The van der Waals surface area contributed by atoms with Crippen molar-refractivity contribution in [2.24, 2.45) is 11.7 Å². The molecule has 17 heavy (non-hydrogen) atoms. The van der Waals surface area contributed by atoms with E-state index in [1.165, 1.54) is 29.5 Å². The molecule has 1 fully saturated rings. The van der Waals surface area contributed by atoms with E-state index >= 15 is 0 Å². The van der Waals surface area contributed by atoms with Crippen LogP contribution >= 0.6 is 12.4 Å². The minimum absolute atomic E-state index is 0. The van der Waals surface area contributed by atoms with Crippen molar-refractivity contribution in [2.75, 3.05) is 13.1 Å². The van der Waals surface area contributed by atoms with E-state index in [2.05, 4.69) is 37.4 Å². The van der Waals surface area contributed by atoms with Gasteiger partial charge in [0.1, 0.15) is 0 Å². The van der Waals surface area contributed by atoms with Gasteiger partial charge in [0.15, 0.2) is 0 Å². The largest absolute Gasteiger partial charge is 0.324 e. The van der Waals surface area contributed by atoms with Crippen molar-refractivity contribution in [1.82, 2.24) is 5.32 Å². The van der Waals surface area contributed by atoms with Gasteiger partial charge in [0.2, 0.25) is 0 Å². The molecule has 0 radical (unpaired) electrons. The van der Waals surface area contributed by atoms with Gasteiger partial charge in [-0.25, -0.2) is 0 Å². The number of nitrogens with one attached hydrogen (secondary N) is 1. The van der Waals surface area contributed by atoms with Gasteiger partial charge >= 0.3 is 0 Å². The fourth-order valence-corrected chi connectivity index (χ4v) is 2.79. The SMILES string of the molecule is Cc1cccc(C)c1[C@H](N)C1CCNCC1.Cl. The number of piperidine rings is 1. The zero-order valence-corrected chi connectivity index (χ0v) is 11.5. The molecular weight excluding hydrogens is 232 g/mol. The van der Waals surface area contributed by atoms with Gasteiger partial charge in [-0.15, -0.1) is 12.4 Å². The summed E-state index contributed by atoms with van der Waals surface area (Å²) in [6.07, 6.45) is 2.41. The van der Waals surface area contributed by atoms with Gasteiger partial charge in [-0.3, -0.25) is 0 Å². The van der Waals surface area contributed by atoms with E-state index in [4.69, 9.17) is 5.73 Å². The minimum Gasteiger partial charge on any atom is -0.324 e. The Morgan fingerprint density at radius 2 is 1.71 bits per heavy atom. The molecule has 0 bridgehead atoms. The third kappa shape index (κ3) is 3.21. The number of benzene rings is 1. The van der Waals surface area contributed by atoms with Crippen molar-refractivity contribution in [3.05, 3.63) is 34.9 Å². The summed E-state index contributed by atoms with van der Waals surface area (Å²) in [6, 6.07) is 6.67. The molecule has 0 saturated carbocycles. The summed E-state index contributed by atoms with van der Waals surface area (Å²) in [5, 5.41) is 3.39. The van der Waals surface area contributed by atoms with Crippen molar-refractivity contribution in [3.63, 3.8) is 0 Å². The molecule has 1 aromatic rings. The lowest BCUT2D eigenvalue weighted by molar-refractivity contribution is 0.321. The van der Waals surface area contributed by atoms with Crippen molar-refractivity contribution in [1.29, 1.82) is 0 Å². The molecule has 0 amide bonds. The summed E-state index contributed by atoms with van der Waals surface area (Å²) in [7, 11) is 0. The monoisotopic (exact) mass is 254 g/mol. The fourth-order valence-electron chi connectivity index (χ4n) is 2.79. The maximum atomic E-state index is 6.44. The van der Waals surface area contributed by atoms with Crippen LogP contribution in [0.1, 0.15) is 35.6 Å². The minimum atomic E-state index is 0. The standard InChI is InChI=1S/C14H22N2.ClH/c1-10-4-3-5-11(2)13(10)14(15)12-6-8-16-9-7-12;/h3-5,12,14,16H,6-9,15H2,1-2H3;1H/t14-;/m1./s1. The van der Waals surface area contributed by atoms with Crippen molar-refractivity contribution in [3.8, 4) is 0 Å². The molecule has 2 rings (SSSR count). The molecule has 1 aliphatic rings. The lowest BCUT2D eigenvalue weighted by atomic mass is 9.83. The Balaban J connectivity index is 0.00000144. The van der Waals surface area contributed by atoms with E-state index in [1.54, 1.807) is 0 Å². The number of nitrogens with two attached hydrogens (primary N) is 1. The summed E-state index contributed by atoms with van der Waals surface area (Å²) in [5.41, 5.74) is 10.5. The second-order valence-corrected chi connectivity index (χ2v) is 4.92. The predicted octanol–water partition coefficient (Wildman–Crippen LogP) is 2.72. The van der Waals surface area contributed by atoms with Gasteiger partial charge in [-0.2, -0.15) is 0 Å². The lowest BCUT2D eigenvalue weighted by Crippen LogP contribution is -2.34. The zero-order valence-electron chi connectivity index (χ0n) is 10.7. The highest BCUT2D eigenvalue weighted by atomic mass is 35.5. The molecule has 1 saturated heterocycles. The van der Waals surface area contributed by atoms with Crippen LogP contribution in [0.2, 0.25) is 0 Å². The summed E-state index contributed by atoms with van der Waals surface area (Å²) >= 11 is 0. The second-order valence-electron chi connectivity index (χ2n) is 4.92. The Kier molecular flexibility index (Phi) is 5.44. The molecule has 96 valence electrons. The van der Waals surface area contributed by atoms with E-state index in [9.17, 15) is 0 Å². The van der Waals surface area contributed by atoms with Crippen LogP contribution in [0.3, 0.4) is 0 Å². The Bertz CT molecular complexity index is 339. The maximum absolute atomic E-state index is 6.44. The molecule has 3 N–H and O–H groups in total. The summed E-state index contributed by atoms with van der Waals surface area (Å²) in [5.74, 6) is 0.640. The Morgan fingerprint density at radius 1 is 1.18 bits per heavy atom. The molecule has 1 aliphatic heterocycles. The van der Waals surface area contributed by atoms with Crippen LogP contribution in [-0.4, -0.2) is 13.1 Å². The van der Waals surface area contributed by atoms with Crippen LogP contribution in [0.15, 0.2) is 18.2 Å². The van der Waals surface area contributed by atoms with E-state index < -0.39 is 0 Å². The normalized spacial score (nSPS) is 18.5. The third-order valence-corrected chi connectivity index (χ3v) is 3.77. The lowest BCUT2D eigenvalue weighted by Gasteiger charge is -2.30. The molecule has 2 nitrogen and oxygen atoms in total. The molecule has 1 atom stereocenters. The highest BCUT2D eigenvalue weighted by molar-refractivity contribution is 5.85. The van der Waals surface area contributed by atoms with Gasteiger partial charge < -0.3 is 11.1 Å². The predicted molar refractivity (Wildman–Crippen MR) is 75.7 cm³/mol. The van der Waals surface area contributed by atoms with Crippen molar-refractivity contribution in [2.45, 2.75) is 32.7 Å². The molecule has 3 heteroatoms. The highest BCUT2D eigenvalue weighted by Gasteiger charge is 2.23. The van der Waals surface area contributed by atoms with E-state index in [1.807, 2.05) is 0 Å². The highest BCUT2D eigenvalue weighted by Crippen LogP contribution is 2.30. The number of halogens is 1. The molecular formula is C14H23ClN2. The topological polar surface area (TPSA) is 38.0 Å². The van der Waals surface area contributed by atoms with Gasteiger partial charge in [0, 0.05) is 6.04 Å². The summed E-state index contributed by atoms with van der Waals surface area (Å²) in [4.78, 5) is 0. The zero-order chi connectivity index (χ0) is 11.5. The number of aryl methyl sites for hydroxylation is 2. The first-order valence-corrected chi connectivity index (χ1v) is 6.22. The Hall–Kier alpha value is -0.570. The van der Waals surface area contributed by atoms with E-state index in [0.717, 1.165) is 13.1 Å². The van der Waals surface area contributed by atoms with E-state index in [0.29, 0.717) is 5.92 Å². The number of hydrogen-bond acceptors (Lipinski definition) is 2. The molecule has 0 spiro atoms. The van der Waals surface area contributed by atoms with Crippen LogP contribution in [0, 0.1) is 19.8 Å². The van der Waals surface area contributed by atoms with Crippen LogP contribution in [0.4, 0.5) is 0 Å². The van der Waals surface area contributed by atoms with Crippen molar-refractivity contribution >= 4 is 12.4 Å². The van der Waals surface area contributed by atoms with Gasteiger partial charge in [0.25, 0.3) is 0 Å². The van der Waals surface area contributed by atoms with Crippen LogP contribution in [0.25, 0.3) is 0 Å². The molecule has 0 unspecified atom stereocenters. The first kappa shape index (κ1) is 14.5. The number of hydrogen-bond donors (Lipinski definition) is 2. The summed E-state index contributed by atoms with van der Waals surface area (Å²) < 4.78 is 0. The summed E-state index contributed by atoms with van der Waals surface area (Å²) in [6.45, 7) is 6.57. The average molecular weight is 255 g/mol. The van der Waals surface area contributed by atoms with Crippen LogP contribution < -0.4 is 11.1 Å². The fraction of sp³-hybridized carbons (Fsp3) is 0.571. The van der Waals surface area contributed by atoms with Gasteiger partial charge in [0.05, 0.1) is 0 Å². The number of rotatable bonds is 2. The van der Waals surface area contributed by atoms with E-state index in [-0.39, 0.29) is 18.4 Å². The molecule has 1 aromatic carbocycles. The van der Waals surface area contributed by atoms with Gasteiger partial charge in [-0.05, 0) is 62.4 Å². The Labute approximate surface area is 110 Å². The first-order chi connectivity index (χ1) is 7.70. The smallest absolute Gasteiger partial charge is 0.0329 e. The first-order valence-electron chi connectivity index (χ1n) is 6.22. The average Bonchev–Trinajstić information content (AvgIpc) is 2.30. The van der Waals surface area contributed by atoms with Crippen LogP contribution in [0.5, 0.6) is 0 Å². The Morgan fingerprint density at radius 3 is 2.24 bits per heavy atom. The third-order valence-electron chi connectivity index (χ3n) is 3.77. The second kappa shape index (κ2) is 6.39. The van der Waals surface area contributed by atoms with Crippen molar-refractivity contribution < 1.29 is 0 Å². The molecule has 0 aliphatic carbocycles. The molecule has 1 heterocycles. The van der Waals surface area contributed by atoms with Crippen LogP contribution in [-0.2, 0) is 0 Å². The quantitative estimate of drug-likeness (QED) is 0.852. The maximum Gasteiger partial charge on any atom is 0.0329 e.